The Kier molecular flexibility index (Phi) is 7.03. The summed E-state index contributed by atoms with van der Waals surface area (Å²) in [5.74, 6) is -0.117. The first kappa shape index (κ1) is 24.0. The highest BCUT2D eigenvalue weighted by Crippen LogP contribution is 2.31. The van der Waals surface area contributed by atoms with E-state index in [0.717, 1.165) is 37.3 Å². The number of anilines is 2. The lowest BCUT2D eigenvalue weighted by Gasteiger charge is -2.36. The third kappa shape index (κ3) is 5.15. The molecule has 0 spiro atoms. The number of hydrogen-bond acceptors (Lipinski definition) is 9. The van der Waals surface area contributed by atoms with E-state index < -0.39 is 29.1 Å². The number of halogens is 3. The van der Waals surface area contributed by atoms with Crippen LogP contribution in [0.4, 0.5) is 24.0 Å². The number of alkyl halides is 3. The number of rotatable bonds is 7. The molecule has 0 radical (unpaired) electrons. The molecule has 0 bridgehead atoms. The average Bonchev–Trinajstić information content (AvgIpc) is 3.43. The van der Waals surface area contributed by atoms with Crippen molar-refractivity contribution in [2.24, 2.45) is 0 Å². The normalized spacial score (nSPS) is 19.5. The van der Waals surface area contributed by atoms with Gasteiger partial charge >= 0.3 is 6.18 Å². The average molecular weight is 498 g/mol. The molecule has 2 aromatic rings. The number of aromatic nitrogens is 3. The Bertz CT molecular complexity index is 1120. The molecule has 2 aromatic heterocycles. The molecule has 2 fully saturated rings. The molecule has 14 heteroatoms. The Balaban J connectivity index is 1.24. The molecule has 182 valence electrons. The Morgan fingerprint density at radius 3 is 2.68 bits per heavy atom. The molecular weight excluding hydrogens is 475 g/mol. The summed E-state index contributed by atoms with van der Waals surface area (Å²) in [6, 6.07) is 2.17. The minimum atomic E-state index is -4.82. The van der Waals surface area contributed by atoms with Crippen LogP contribution in [0, 0.1) is 11.3 Å². The second kappa shape index (κ2) is 9.98. The number of amides is 1. The minimum Gasteiger partial charge on any atom is -0.381 e. The largest absolute Gasteiger partial charge is 0.423 e. The molecule has 2 N–H and O–H groups in total. The van der Waals surface area contributed by atoms with Gasteiger partial charge in [-0.3, -0.25) is 9.59 Å². The quantitative estimate of drug-likeness (QED) is 0.555. The molecule has 0 saturated carbocycles. The maximum absolute atomic E-state index is 13.1. The molecular formula is C20H22F3N7O3S. The van der Waals surface area contributed by atoms with Gasteiger partial charge in [0.15, 0.2) is 5.13 Å². The number of hydrogen-bond donors (Lipinski definition) is 2. The molecule has 1 amide bonds. The second-order valence-corrected chi connectivity index (χ2v) is 8.94. The monoisotopic (exact) mass is 497 g/mol. The van der Waals surface area contributed by atoms with Gasteiger partial charge in [0.05, 0.1) is 24.7 Å². The van der Waals surface area contributed by atoms with Crippen LogP contribution >= 0.6 is 11.3 Å². The summed E-state index contributed by atoms with van der Waals surface area (Å²) in [5.41, 5.74) is -3.11. The van der Waals surface area contributed by atoms with Gasteiger partial charge < -0.3 is 19.9 Å². The SMILES string of the molecule is N#Cc1cnc(N2CCC(N3CCC(OCCNc4cn[nH]c(=O)c4C(F)(F)F)C3=O)CC2)s1. The van der Waals surface area contributed by atoms with Crippen molar-refractivity contribution in [1.29, 1.82) is 5.26 Å². The molecule has 34 heavy (non-hydrogen) atoms. The van der Waals surface area contributed by atoms with Crippen molar-refractivity contribution in [2.45, 2.75) is 37.6 Å². The number of carbonyl (C=O) groups is 1. The van der Waals surface area contributed by atoms with Crippen LogP contribution in [0.5, 0.6) is 0 Å². The minimum absolute atomic E-state index is 0.00192. The van der Waals surface area contributed by atoms with Crippen LogP contribution in [0.2, 0.25) is 0 Å². The first-order chi connectivity index (χ1) is 16.3. The number of aromatic amines is 1. The topological polar surface area (TPSA) is 127 Å². The highest BCUT2D eigenvalue weighted by Gasteiger charge is 2.39. The predicted octanol–water partition coefficient (Wildman–Crippen LogP) is 1.82. The number of likely N-dealkylation sites (tertiary alicyclic amines) is 1. The summed E-state index contributed by atoms with van der Waals surface area (Å²) in [4.78, 5) is 33.1. The van der Waals surface area contributed by atoms with Crippen molar-refractivity contribution >= 4 is 28.1 Å². The van der Waals surface area contributed by atoms with E-state index in [1.165, 1.54) is 11.3 Å². The van der Waals surface area contributed by atoms with Crippen molar-refractivity contribution in [3.05, 3.63) is 33.2 Å². The van der Waals surface area contributed by atoms with Gasteiger partial charge in [-0.1, -0.05) is 11.3 Å². The van der Waals surface area contributed by atoms with Gasteiger partial charge in [-0.25, -0.2) is 10.1 Å². The molecule has 1 atom stereocenters. The fraction of sp³-hybridized carbons (Fsp3) is 0.550. The van der Waals surface area contributed by atoms with E-state index in [1.807, 2.05) is 4.90 Å². The van der Waals surface area contributed by atoms with Gasteiger partial charge in [0, 0.05) is 38.6 Å². The Morgan fingerprint density at radius 2 is 2.00 bits per heavy atom. The molecule has 1 unspecified atom stereocenters. The van der Waals surface area contributed by atoms with Crippen LogP contribution in [0.15, 0.2) is 17.2 Å². The van der Waals surface area contributed by atoms with Crippen LogP contribution in [0.1, 0.15) is 29.7 Å². The Labute approximate surface area is 196 Å². The summed E-state index contributed by atoms with van der Waals surface area (Å²) in [6.45, 7) is 2.00. The van der Waals surface area contributed by atoms with Crippen LogP contribution in [-0.4, -0.2) is 70.9 Å². The lowest BCUT2D eigenvalue weighted by Crippen LogP contribution is -2.46. The smallest absolute Gasteiger partial charge is 0.381 e. The van der Waals surface area contributed by atoms with Crippen molar-refractivity contribution < 1.29 is 22.7 Å². The van der Waals surface area contributed by atoms with Crippen molar-refractivity contribution in [2.75, 3.05) is 43.0 Å². The van der Waals surface area contributed by atoms with Gasteiger partial charge in [0.2, 0.25) is 0 Å². The van der Waals surface area contributed by atoms with Crippen molar-refractivity contribution in [3.8, 4) is 6.07 Å². The number of nitrogens with zero attached hydrogens (tertiary/aromatic N) is 5. The summed E-state index contributed by atoms with van der Waals surface area (Å²) in [5, 5.41) is 17.5. The maximum atomic E-state index is 13.1. The number of nitriles is 1. The Morgan fingerprint density at radius 1 is 1.24 bits per heavy atom. The predicted molar refractivity (Wildman–Crippen MR) is 116 cm³/mol. The number of H-pyrrole nitrogens is 1. The number of ether oxygens (including phenoxy) is 1. The van der Waals surface area contributed by atoms with Gasteiger partial charge in [-0.2, -0.15) is 23.5 Å². The lowest BCUT2D eigenvalue weighted by atomic mass is 10.0. The van der Waals surface area contributed by atoms with E-state index in [1.54, 1.807) is 11.3 Å². The van der Waals surface area contributed by atoms with Crippen molar-refractivity contribution in [1.82, 2.24) is 20.1 Å². The van der Waals surface area contributed by atoms with Crippen molar-refractivity contribution in [3.63, 3.8) is 0 Å². The lowest BCUT2D eigenvalue weighted by molar-refractivity contribution is -0.139. The van der Waals surface area contributed by atoms with Crippen LogP contribution in [0.25, 0.3) is 0 Å². The summed E-state index contributed by atoms with van der Waals surface area (Å²) in [6.07, 6.45) is -0.952. The van der Waals surface area contributed by atoms with E-state index in [0.29, 0.717) is 17.8 Å². The first-order valence-corrected chi connectivity index (χ1v) is 11.5. The van der Waals surface area contributed by atoms with E-state index in [4.69, 9.17) is 10.00 Å². The number of piperidine rings is 1. The molecule has 10 nitrogen and oxygen atoms in total. The fourth-order valence-electron chi connectivity index (χ4n) is 4.22. The number of thiazole rings is 1. The third-order valence-electron chi connectivity index (χ3n) is 5.85. The summed E-state index contributed by atoms with van der Waals surface area (Å²) >= 11 is 1.35. The number of carbonyl (C=O) groups excluding carboxylic acids is 1. The maximum Gasteiger partial charge on any atom is 0.423 e. The highest BCUT2D eigenvalue weighted by atomic mass is 32.1. The van der Waals surface area contributed by atoms with Gasteiger partial charge in [-0.15, -0.1) is 0 Å². The first-order valence-electron chi connectivity index (χ1n) is 10.7. The van der Waals surface area contributed by atoms with E-state index in [9.17, 15) is 22.8 Å². The highest BCUT2D eigenvalue weighted by molar-refractivity contribution is 7.16. The zero-order valence-corrected chi connectivity index (χ0v) is 18.8. The fourth-order valence-corrected chi connectivity index (χ4v) is 4.99. The molecule has 0 aromatic carbocycles. The molecule has 0 aliphatic carbocycles. The van der Waals surface area contributed by atoms with E-state index >= 15 is 0 Å². The molecule has 4 heterocycles. The van der Waals surface area contributed by atoms with Gasteiger partial charge in [0.25, 0.3) is 11.5 Å². The standard InChI is InChI=1S/C20H22F3N7O3S/c21-20(22,23)16-14(11-27-28-17(16)31)25-4-8-33-15-3-7-30(18(15)32)12-1-5-29(6-2-12)19-26-10-13(9-24)34-19/h10-12,15H,1-8H2,(H2,25,28,31). The summed E-state index contributed by atoms with van der Waals surface area (Å²) < 4.78 is 44.9. The molecule has 2 saturated heterocycles. The third-order valence-corrected chi connectivity index (χ3v) is 6.81. The van der Waals surface area contributed by atoms with Gasteiger partial charge in [-0.05, 0) is 12.8 Å². The second-order valence-electron chi connectivity index (χ2n) is 7.93. The van der Waals surface area contributed by atoms with E-state index in [-0.39, 0.29) is 25.1 Å². The van der Waals surface area contributed by atoms with Gasteiger partial charge in [0.1, 0.15) is 22.6 Å². The Hall–Kier alpha value is -3.18. The zero-order valence-electron chi connectivity index (χ0n) is 18.0. The van der Waals surface area contributed by atoms with Crippen LogP contribution in [-0.2, 0) is 15.7 Å². The van der Waals surface area contributed by atoms with Crippen LogP contribution < -0.4 is 15.8 Å². The molecule has 2 aliphatic rings. The zero-order chi connectivity index (χ0) is 24.3. The number of nitrogens with one attached hydrogen (secondary N) is 2. The van der Waals surface area contributed by atoms with E-state index in [2.05, 4.69) is 26.4 Å². The molecule has 4 rings (SSSR count). The van der Waals surface area contributed by atoms with Crippen LogP contribution in [0.3, 0.4) is 0 Å². The summed E-state index contributed by atoms with van der Waals surface area (Å²) in [7, 11) is 0. The molecule has 2 aliphatic heterocycles.